The number of carbonyl (C=O) groups is 1. The van der Waals surface area contributed by atoms with Crippen molar-refractivity contribution in [2.75, 3.05) is 6.61 Å². The highest BCUT2D eigenvalue weighted by atomic mass is 16.5. The van der Waals surface area contributed by atoms with Gasteiger partial charge in [0.1, 0.15) is 5.75 Å². The number of hydrogen-bond donors (Lipinski definition) is 1. The van der Waals surface area contributed by atoms with E-state index in [0.717, 1.165) is 22.4 Å². The maximum Gasteiger partial charge on any atom is 0.335 e. The summed E-state index contributed by atoms with van der Waals surface area (Å²) in [5, 5.41) is 8.96. The quantitative estimate of drug-likeness (QED) is 0.906. The number of carboxylic acids is 1. The highest BCUT2D eigenvalue weighted by molar-refractivity contribution is 5.89. The molecule has 0 heterocycles. The first kappa shape index (κ1) is 13.1. The summed E-state index contributed by atoms with van der Waals surface area (Å²) < 4.78 is 5.48. The lowest BCUT2D eigenvalue weighted by molar-refractivity contribution is 0.0697. The van der Waals surface area contributed by atoms with Crippen LogP contribution in [0.1, 0.15) is 22.8 Å². The van der Waals surface area contributed by atoms with Crippen molar-refractivity contribution in [2.45, 2.75) is 13.8 Å². The Labute approximate surface area is 112 Å². The van der Waals surface area contributed by atoms with Gasteiger partial charge in [0.2, 0.25) is 0 Å². The van der Waals surface area contributed by atoms with E-state index in [1.807, 2.05) is 44.2 Å². The van der Waals surface area contributed by atoms with E-state index in [4.69, 9.17) is 9.84 Å². The maximum absolute atomic E-state index is 10.9. The second-order valence-electron chi connectivity index (χ2n) is 4.30. The first-order chi connectivity index (χ1) is 9.11. The molecule has 2 rings (SSSR count). The van der Waals surface area contributed by atoms with E-state index in [2.05, 4.69) is 0 Å². The number of hydrogen-bond acceptors (Lipinski definition) is 2. The van der Waals surface area contributed by atoms with Crippen LogP contribution >= 0.6 is 0 Å². The van der Waals surface area contributed by atoms with Gasteiger partial charge >= 0.3 is 5.97 Å². The van der Waals surface area contributed by atoms with Gasteiger partial charge in [-0.3, -0.25) is 0 Å². The Balaban J connectivity index is 2.41. The molecule has 3 heteroatoms. The maximum atomic E-state index is 10.9. The van der Waals surface area contributed by atoms with E-state index < -0.39 is 5.97 Å². The molecule has 0 amide bonds. The van der Waals surface area contributed by atoms with Crippen LogP contribution in [0.4, 0.5) is 0 Å². The molecular formula is C16H16O3. The molecule has 0 fully saturated rings. The van der Waals surface area contributed by atoms with Gasteiger partial charge in [0.05, 0.1) is 12.2 Å². The van der Waals surface area contributed by atoms with E-state index in [-0.39, 0.29) is 0 Å². The third kappa shape index (κ3) is 2.94. The monoisotopic (exact) mass is 256 g/mol. The van der Waals surface area contributed by atoms with Crippen molar-refractivity contribution in [1.29, 1.82) is 0 Å². The lowest BCUT2D eigenvalue weighted by atomic mass is 9.98. The smallest absolute Gasteiger partial charge is 0.335 e. The van der Waals surface area contributed by atoms with Crippen LogP contribution in [0.25, 0.3) is 11.1 Å². The molecule has 0 unspecified atom stereocenters. The first-order valence-electron chi connectivity index (χ1n) is 6.19. The minimum Gasteiger partial charge on any atom is -0.494 e. The van der Waals surface area contributed by atoms with Crippen LogP contribution in [0.5, 0.6) is 5.75 Å². The SMILES string of the molecule is CCOc1cccc(-c2ccc(C(=O)O)cc2C)c1. The van der Waals surface area contributed by atoms with Crippen LogP contribution in [0.15, 0.2) is 42.5 Å². The lowest BCUT2D eigenvalue weighted by Gasteiger charge is -2.09. The average molecular weight is 256 g/mol. The number of ether oxygens (including phenoxy) is 1. The number of rotatable bonds is 4. The molecule has 0 aliphatic rings. The number of carboxylic acid groups (broad SMARTS) is 1. The highest BCUT2D eigenvalue weighted by Crippen LogP contribution is 2.27. The highest BCUT2D eigenvalue weighted by Gasteiger charge is 2.07. The van der Waals surface area contributed by atoms with Crippen LogP contribution in [0.2, 0.25) is 0 Å². The zero-order chi connectivity index (χ0) is 13.8. The summed E-state index contributed by atoms with van der Waals surface area (Å²) in [5.74, 6) is -0.0839. The van der Waals surface area contributed by atoms with E-state index in [9.17, 15) is 4.79 Å². The Bertz CT molecular complexity index is 603. The van der Waals surface area contributed by atoms with Crippen molar-refractivity contribution in [3.8, 4) is 16.9 Å². The van der Waals surface area contributed by atoms with Gasteiger partial charge in [0, 0.05) is 0 Å². The Morgan fingerprint density at radius 3 is 2.63 bits per heavy atom. The number of benzene rings is 2. The van der Waals surface area contributed by atoms with E-state index in [0.29, 0.717) is 12.2 Å². The van der Waals surface area contributed by atoms with E-state index in [1.165, 1.54) is 0 Å². The molecule has 19 heavy (non-hydrogen) atoms. The molecule has 98 valence electrons. The Morgan fingerprint density at radius 1 is 1.21 bits per heavy atom. The zero-order valence-electron chi connectivity index (χ0n) is 11.0. The predicted octanol–water partition coefficient (Wildman–Crippen LogP) is 3.76. The summed E-state index contributed by atoms with van der Waals surface area (Å²) >= 11 is 0. The van der Waals surface area contributed by atoms with Crippen molar-refractivity contribution in [1.82, 2.24) is 0 Å². The molecule has 0 aliphatic carbocycles. The molecule has 1 N–H and O–H groups in total. The van der Waals surface area contributed by atoms with E-state index in [1.54, 1.807) is 12.1 Å². The first-order valence-corrected chi connectivity index (χ1v) is 6.19. The topological polar surface area (TPSA) is 46.5 Å². The van der Waals surface area contributed by atoms with Crippen molar-refractivity contribution in [3.63, 3.8) is 0 Å². The molecule has 0 bridgehead atoms. The van der Waals surface area contributed by atoms with Crippen LogP contribution in [0.3, 0.4) is 0 Å². The van der Waals surface area contributed by atoms with Crippen molar-refractivity contribution in [3.05, 3.63) is 53.6 Å². The number of aromatic carboxylic acids is 1. The molecular weight excluding hydrogens is 240 g/mol. The second kappa shape index (κ2) is 5.57. The van der Waals surface area contributed by atoms with Crippen LogP contribution in [-0.2, 0) is 0 Å². The number of aryl methyl sites for hydroxylation is 1. The molecule has 0 radical (unpaired) electrons. The predicted molar refractivity (Wildman–Crippen MR) is 74.7 cm³/mol. The van der Waals surface area contributed by atoms with Gasteiger partial charge in [-0.1, -0.05) is 18.2 Å². The van der Waals surface area contributed by atoms with Gasteiger partial charge < -0.3 is 9.84 Å². The van der Waals surface area contributed by atoms with Gasteiger partial charge in [-0.2, -0.15) is 0 Å². The summed E-state index contributed by atoms with van der Waals surface area (Å²) in [6, 6.07) is 12.9. The van der Waals surface area contributed by atoms with Crippen LogP contribution < -0.4 is 4.74 Å². The minimum atomic E-state index is -0.905. The van der Waals surface area contributed by atoms with E-state index >= 15 is 0 Å². The van der Waals surface area contributed by atoms with Gasteiger partial charge in [-0.25, -0.2) is 4.79 Å². The molecule has 0 atom stereocenters. The summed E-state index contributed by atoms with van der Waals surface area (Å²) in [6.45, 7) is 4.48. The zero-order valence-corrected chi connectivity index (χ0v) is 11.0. The summed E-state index contributed by atoms with van der Waals surface area (Å²) in [5.41, 5.74) is 3.29. The minimum absolute atomic E-state index is 0.308. The Hall–Kier alpha value is -2.29. The normalized spacial score (nSPS) is 10.2. The molecule has 0 aromatic heterocycles. The summed E-state index contributed by atoms with van der Waals surface area (Å²) in [4.78, 5) is 10.9. The second-order valence-corrected chi connectivity index (χ2v) is 4.30. The fraction of sp³-hybridized carbons (Fsp3) is 0.188. The Kier molecular flexibility index (Phi) is 3.85. The van der Waals surface area contributed by atoms with Gasteiger partial charge in [0.25, 0.3) is 0 Å². The Morgan fingerprint density at radius 2 is 2.00 bits per heavy atom. The largest absolute Gasteiger partial charge is 0.494 e. The molecule has 0 saturated heterocycles. The van der Waals surface area contributed by atoms with Crippen molar-refractivity contribution >= 4 is 5.97 Å². The summed E-state index contributed by atoms with van der Waals surface area (Å²) in [6.07, 6.45) is 0. The molecule has 0 aliphatic heterocycles. The molecule has 0 spiro atoms. The van der Waals surface area contributed by atoms with Crippen molar-refractivity contribution in [2.24, 2.45) is 0 Å². The third-order valence-corrected chi connectivity index (χ3v) is 2.93. The van der Waals surface area contributed by atoms with Crippen molar-refractivity contribution < 1.29 is 14.6 Å². The standard InChI is InChI=1S/C16H16O3/c1-3-19-14-6-4-5-12(10-14)15-8-7-13(16(17)18)9-11(15)2/h4-10H,3H2,1-2H3,(H,17,18). The van der Waals surface area contributed by atoms with Gasteiger partial charge in [-0.05, 0) is 54.8 Å². The summed E-state index contributed by atoms with van der Waals surface area (Å²) in [7, 11) is 0. The average Bonchev–Trinajstić information content (AvgIpc) is 2.39. The van der Waals surface area contributed by atoms with Crippen LogP contribution in [0, 0.1) is 6.92 Å². The fourth-order valence-corrected chi connectivity index (χ4v) is 2.04. The van der Waals surface area contributed by atoms with Gasteiger partial charge in [0.15, 0.2) is 0 Å². The third-order valence-electron chi connectivity index (χ3n) is 2.93. The van der Waals surface area contributed by atoms with Crippen LogP contribution in [-0.4, -0.2) is 17.7 Å². The fourth-order valence-electron chi connectivity index (χ4n) is 2.04. The molecule has 0 saturated carbocycles. The van der Waals surface area contributed by atoms with Gasteiger partial charge in [-0.15, -0.1) is 0 Å². The molecule has 2 aromatic carbocycles. The lowest BCUT2D eigenvalue weighted by Crippen LogP contribution is -1.97. The molecule has 2 aromatic rings. The molecule has 3 nitrogen and oxygen atoms in total.